The van der Waals surface area contributed by atoms with E-state index in [4.69, 9.17) is 14.3 Å². The second kappa shape index (κ2) is 7.28. The van der Waals surface area contributed by atoms with Crippen molar-refractivity contribution >= 4 is 27.3 Å². The highest BCUT2D eigenvalue weighted by Gasteiger charge is 2.41. The van der Waals surface area contributed by atoms with Gasteiger partial charge in [-0.15, -0.1) is 0 Å². The Morgan fingerprint density at radius 3 is 2.70 bits per heavy atom. The fraction of sp³-hybridized carbons (Fsp3) is 0.227. The van der Waals surface area contributed by atoms with Gasteiger partial charge in [0, 0.05) is 40.6 Å². The molecule has 5 rings (SSSR count). The van der Waals surface area contributed by atoms with Crippen LogP contribution in [0, 0.1) is 10.1 Å². The number of hydrogen-bond donors (Lipinski definition) is 0. The predicted molar refractivity (Wildman–Crippen MR) is 114 cm³/mol. The lowest BCUT2D eigenvalue weighted by atomic mass is 9.97. The first kappa shape index (κ1) is 18.9. The third kappa shape index (κ3) is 3.17. The Morgan fingerprint density at radius 2 is 2.00 bits per heavy atom. The summed E-state index contributed by atoms with van der Waals surface area (Å²) in [5, 5.41) is 17.8. The molecule has 2 atom stereocenters. The van der Waals surface area contributed by atoms with Crippen molar-refractivity contribution < 1.29 is 14.1 Å². The number of nitro groups is 1. The van der Waals surface area contributed by atoms with E-state index in [1.807, 2.05) is 29.3 Å². The van der Waals surface area contributed by atoms with Crippen molar-refractivity contribution in [2.45, 2.75) is 32.0 Å². The van der Waals surface area contributed by atoms with E-state index in [2.05, 4.69) is 28.9 Å². The Hall–Kier alpha value is -3.13. The molecule has 0 bridgehead atoms. The minimum atomic E-state index is -0.484. The molecule has 2 aliphatic rings. The smallest absolute Gasteiger partial charge is 0.269 e. The number of furan rings is 1. The molecule has 8 heteroatoms. The van der Waals surface area contributed by atoms with Gasteiger partial charge in [-0.2, -0.15) is 5.10 Å². The van der Waals surface area contributed by atoms with Crippen molar-refractivity contribution in [2.24, 2.45) is 5.10 Å². The van der Waals surface area contributed by atoms with Gasteiger partial charge in [0.15, 0.2) is 0 Å². The number of benzene rings is 2. The SMILES string of the molecule is CCc1ccc(C2=NN3[C@@H](C2)c2cc(Br)ccc2O[C@H]3c2ccc([N+](=O)[O-])cc2)o1. The summed E-state index contributed by atoms with van der Waals surface area (Å²) < 4.78 is 13.2. The maximum absolute atomic E-state index is 11.0. The van der Waals surface area contributed by atoms with Crippen LogP contribution >= 0.6 is 15.9 Å². The highest BCUT2D eigenvalue weighted by Crippen LogP contribution is 2.48. The number of hydrogen-bond acceptors (Lipinski definition) is 6. The first-order chi connectivity index (χ1) is 14.5. The molecule has 7 nitrogen and oxygen atoms in total. The molecule has 2 aliphatic heterocycles. The maximum atomic E-state index is 11.0. The molecule has 30 heavy (non-hydrogen) atoms. The molecule has 0 N–H and O–H groups in total. The molecular formula is C22H18BrN3O4. The van der Waals surface area contributed by atoms with E-state index < -0.39 is 11.2 Å². The van der Waals surface area contributed by atoms with E-state index in [0.717, 1.165) is 45.0 Å². The minimum absolute atomic E-state index is 0.0170. The monoisotopic (exact) mass is 467 g/mol. The summed E-state index contributed by atoms with van der Waals surface area (Å²) in [5.74, 6) is 2.47. The maximum Gasteiger partial charge on any atom is 0.269 e. The van der Waals surface area contributed by atoms with Gasteiger partial charge in [0.05, 0.1) is 11.0 Å². The molecule has 0 unspecified atom stereocenters. The zero-order valence-electron chi connectivity index (χ0n) is 16.1. The number of aryl methyl sites for hydroxylation is 1. The number of nitrogens with zero attached hydrogens (tertiary/aromatic N) is 3. The Morgan fingerprint density at radius 1 is 1.20 bits per heavy atom. The van der Waals surface area contributed by atoms with Crippen LogP contribution < -0.4 is 4.74 Å². The highest BCUT2D eigenvalue weighted by atomic mass is 79.9. The van der Waals surface area contributed by atoms with Crippen molar-refractivity contribution in [1.82, 2.24) is 5.01 Å². The quantitative estimate of drug-likeness (QED) is 0.360. The van der Waals surface area contributed by atoms with Gasteiger partial charge in [0.1, 0.15) is 23.0 Å². The molecule has 3 heterocycles. The number of nitro benzene ring substituents is 1. The van der Waals surface area contributed by atoms with E-state index in [0.29, 0.717) is 6.42 Å². The third-order valence-electron chi connectivity index (χ3n) is 5.44. The lowest BCUT2D eigenvalue weighted by Gasteiger charge is -2.38. The van der Waals surface area contributed by atoms with Gasteiger partial charge in [-0.25, -0.2) is 5.01 Å². The highest BCUT2D eigenvalue weighted by molar-refractivity contribution is 9.10. The number of fused-ring (bicyclic) bond motifs is 3. The average Bonchev–Trinajstić information content (AvgIpc) is 3.40. The standard InChI is InChI=1S/C22H18BrN3O4/c1-2-16-8-10-21(29-16)18-12-19-17-11-14(23)5-9-20(17)30-22(25(19)24-18)13-3-6-15(7-4-13)26(27)28/h3-11,19,22H,2,12H2,1H3/t19-,22-/m0/s1. The van der Waals surface area contributed by atoms with Crippen molar-refractivity contribution in [3.8, 4) is 5.75 Å². The zero-order chi connectivity index (χ0) is 20.8. The van der Waals surface area contributed by atoms with Gasteiger partial charge in [-0.3, -0.25) is 10.1 Å². The molecule has 0 amide bonds. The number of rotatable bonds is 4. The van der Waals surface area contributed by atoms with Crippen LogP contribution in [0.1, 0.15) is 48.3 Å². The molecule has 0 spiro atoms. The molecule has 0 fully saturated rings. The summed E-state index contributed by atoms with van der Waals surface area (Å²) in [5.41, 5.74) is 2.76. The minimum Gasteiger partial charge on any atom is -0.464 e. The van der Waals surface area contributed by atoms with Crippen LogP contribution in [0.15, 0.2) is 68.6 Å². The van der Waals surface area contributed by atoms with Crippen molar-refractivity contribution in [1.29, 1.82) is 0 Å². The van der Waals surface area contributed by atoms with E-state index in [-0.39, 0.29) is 11.7 Å². The van der Waals surface area contributed by atoms with E-state index in [1.165, 1.54) is 12.1 Å². The van der Waals surface area contributed by atoms with Crippen LogP contribution in [0.2, 0.25) is 0 Å². The third-order valence-corrected chi connectivity index (χ3v) is 5.93. The molecule has 1 aromatic heterocycles. The zero-order valence-corrected chi connectivity index (χ0v) is 17.7. The second-order valence-corrected chi connectivity index (χ2v) is 8.18. The van der Waals surface area contributed by atoms with Crippen LogP contribution in [-0.2, 0) is 6.42 Å². The summed E-state index contributed by atoms with van der Waals surface area (Å²) >= 11 is 3.55. The number of non-ortho nitro benzene ring substituents is 1. The molecule has 3 aromatic rings. The van der Waals surface area contributed by atoms with Crippen molar-refractivity contribution in [3.05, 3.63) is 91.8 Å². The van der Waals surface area contributed by atoms with Crippen LogP contribution in [0.5, 0.6) is 5.75 Å². The van der Waals surface area contributed by atoms with Crippen molar-refractivity contribution in [3.63, 3.8) is 0 Å². The first-order valence-electron chi connectivity index (χ1n) is 9.69. The Labute approximate surface area is 181 Å². The first-order valence-corrected chi connectivity index (χ1v) is 10.5. The van der Waals surface area contributed by atoms with Gasteiger partial charge in [-0.05, 0) is 42.5 Å². The summed E-state index contributed by atoms with van der Waals surface area (Å²) in [7, 11) is 0. The van der Waals surface area contributed by atoms with Crippen LogP contribution in [-0.4, -0.2) is 15.6 Å². The fourth-order valence-corrected chi connectivity index (χ4v) is 4.29. The number of halogens is 1. The number of ether oxygens (including phenoxy) is 1. The molecule has 0 saturated heterocycles. The summed E-state index contributed by atoms with van der Waals surface area (Å²) in [4.78, 5) is 10.6. The van der Waals surface area contributed by atoms with Crippen molar-refractivity contribution in [2.75, 3.05) is 0 Å². The average molecular weight is 468 g/mol. The molecule has 152 valence electrons. The van der Waals surface area contributed by atoms with Crippen LogP contribution in [0.25, 0.3) is 0 Å². The van der Waals surface area contributed by atoms with Gasteiger partial charge >= 0.3 is 0 Å². The Kier molecular flexibility index (Phi) is 4.58. The normalized spacial score (nSPS) is 19.7. The summed E-state index contributed by atoms with van der Waals surface area (Å²) in [6.45, 7) is 2.05. The fourth-order valence-electron chi connectivity index (χ4n) is 3.91. The van der Waals surface area contributed by atoms with E-state index >= 15 is 0 Å². The molecule has 0 radical (unpaired) electrons. The lowest BCUT2D eigenvalue weighted by Crippen LogP contribution is -2.33. The molecule has 2 aromatic carbocycles. The summed E-state index contributed by atoms with van der Waals surface area (Å²) in [6.07, 6.45) is 1.03. The molecule has 0 saturated carbocycles. The van der Waals surface area contributed by atoms with Gasteiger partial charge in [-0.1, -0.05) is 22.9 Å². The van der Waals surface area contributed by atoms with Crippen LogP contribution in [0.4, 0.5) is 5.69 Å². The van der Waals surface area contributed by atoms with Gasteiger partial charge in [0.2, 0.25) is 6.23 Å². The number of hydrazone groups is 1. The molecular weight excluding hydrogens is 450 g/mol. The van der Waals surface area contributed by atoms with E-state index in [9.17, 15) is 10.1 Å². The topological polar surface area (TPSA) is 81.1 Å². The van der Waals surface area contributed by atoms with Gasteiger partial charge in [0.25, 0.3) is 5.69 Å². The second-order valence-electron chi connectivity index (χ2n) is 7.27. The summed E-state index contributed by atoms with van der Waals surface area (Å²) in [6, 6.07) is 16.3. The molecule has 0 aliphatic carbocycles. The van der Waals surface area contributed by atoms with Gasteiger partial charge < -0.3 is 9.15 Å². The van der Waals surface area contributed by atoms with E-state index in [1.54, 1.807) is 12.1 Å². The Balaban J connectivity index is 1.56. The predicted octanol–water partition coefficient (Wildman–Crippen LogP) is 5.76. The largest absolute Gasteiger partial charge is 0.464 e. The Bertz CT molecular complexity index is 1160. The lowest BCUT2D eigenvalue weighted by molar-refractivity contribution is -0.384. The van der Waals surface area contributed by atoms with Crippen LogP contribution in [0.3, 0.4) is 0 Å².